The number of urea groups is 1. The zero-order chi connectivity index (χ0) is 17.8. The first-order chi connectivity index (χ1) is 12.0. The lowest BCUT2D eigenvalue weighted by atomic mass is 9.86. The highest BCUT2D eigenvalue weighted by Gasteiger charge is 2.33. The van der Waals surface area contributed by atoms with Crippen LogP contribution in [-0.2, 0) is 4.79 Å². The Morgan fingerprint density at radius 1 is 1.28 bits per heavy atom. The second-order valence-corrected chi connectivity index (χ2v) is 8.07. The summed E-state index contributed by atoms with van der Waals surface area (Å²) in [6.07, 6.45) is 4.62. The summed E-state index contributed by atoms with van der Waals surface area (Å²) in [5, 5.41) is 24.4. The van der Waals surface area contributed by atoms with E-state index < -0.39 is 12.1 Å². The van der Waals surface area contributed by atoms with E-state index in [1.165, 1.54) is 11.3 Å². The van der Waals surface area contributed by atoms with Crippen LogP contribution >= 0.6 is 11.3 Å². The highest BCUT2D eigenvalue weighted by molar-refractivity contribution is 7.10. The van der Waals surface area contributed by atoms with E-state index in [4.69, 9.17) is 5.11 Å². The van der Waals surface area contributed by atoms with Crippen molar-refractivity contribution in [3.8, 4) is 0 Å². The summed E-state index contributed by atoms with van der Waals surface area (Å²) in [7, 11) is 0. The third-order valence-electron chi connectivity index (χ3n) is 5.41. The van der Waals surface area contributed by atoms with Gasteiger partial charge in [-0.2, -0.15) is 0 Å². The average Bonchev–Trinajstić information content (AvgIpc) is 3.27. The molecule has 2 aliphatic rings. The maximum absolute atomic E-state index is 12.6. The highest BCUT2D eigenvalue weighted by atomic mass is 32.1. The van der Waals surface area contributed by atoms with Crippen molar-refractivity contribution >= 4 is 23.3 Å². The first kappa shape index (κ1) is 18.2. The van der Waals surface area contributed by atoms with Gasteiger partial charge < -0.3 is 20.4 Å². The number of hydrogen-bond acceptors (Lipinski definition) is 4. The van der Waals surface area contributed by atoms with E-state index in [9.17, 15) is 14.7 Å². The molecule has 2 amide bonds. The fraction of sp³-hybridized carbons (Fsp3) is 0.667. The van der Waals surface area contributed by atoms with Crippen molar-refractivity contribution in [1.82, 2.24) is 10.2 Å². The number of nitrogens with one attached hydrogen (secondary N) is 1. The molecule has 1 saturated heterocycles. The summed E-state index contributed by atoms with van der Waals surface area (Å²) in [6.45, 7) is 0.720. The standard InChI is InChI=1S/C18H26N2O4S/c21-15(16-4-2-10-25-16)11-14-3-1-9-20(14)18(24)19-13-7-5-12(6-8-13)17(22)23/h2,4,10,12-15,21H,1,3,5-9,11H2,(H,19,24)(H,22,23). The summed E-state index contributed by atoms with van der Waals surface area (Å²) in [5.41, 5.74) is 0. The Hall–Kier alpha value is -1.60. The fourth-order valence-electron chi connectivity index (χ4n) is 3.95. The minimum absolute atomic E-state index is 0.0616. The molecule has 7 heteroatoms. The zero-order valence-corrected chi connectivity index (χ0v) is 15.1. The van der Waals surface area contributed by atoms with Crippen molar-refractivity contribution < 1.29 is 19.8 Å². The first-order valence-corrected chi connectivity index (χ1v) is 9.94. The van der Waals surface area contributed by atoms with Crippen LogP contribution in [0.3, 0.4) is 0 Å². The second kappa shape index (κ2) is 8.19. The van der Waals surface area contributed by atoms with Crippen molar-refractivity contribution in [2.75, 3.05) is 6.54 Å². The maximum Gasteiger partial charge on any atom is 0.317 e. The van der Waals surface area contributed by atoms with Gasteiger partial charge in [-0.1, -0.05) is 6.07 Å². The van der Waals surface area contributed by atoms with Gasteiger partial charge in [-0.15, -0.1) is 11.3 Å². The van der Waals surface area contributed by atoms with Gasteiger partial charge in [0.2, 0.25) is 0 Å². The van der Waals surface area contributed by atoms with E-state index in [0.29, 0.717) is 19.3 Å². The van der Waals surface area contributed by atoms with Crippen LogP contribution in [0.4, 0.5) is 4.79 Å². The third kappa shape index (κ3) is 4.52. The number of carbonyl (C=O) groups is 2. The number of thiophene rings is 1. The molecule has 3 N–H and O–H groups in total. The van der Waals surface area contributed by atoms with Crippen LogP contribution in [0.2, 0.25) is 0 Å². The molecule has 2 fully saturated rings. The molecule has 0 spiro atoms. The molecule has 1 aliphatic carbocycles. The Morgan fingerprint density at radius 3 is 2.68 bits per heavy atom. The van der Waals surface area contributed by atoms with Crippen molar-refractivity contribution in [2.24, 2.45) is 5.92 Å². The Bertz CT molecular complexity index is 584. The Morgan fingerprint density at radius 2 is 2.04 bits per heavy atom. The monoisotopic (exact) mass is 366 g/mol. The molecule has 1 aliphatic heterocycles. The molecule has 2 atom stereocenters. The van der Waals surface area contributed by atoms with Gasteiger partial charge in [-0.3, -0.25) is 4.79 Å². The van der Waals surface area contributed by atoms with E-state index in [1.54, 1.807) is 0 Å². The second-order valence-electron chi connectivity index (χ2n) is 7.09. The van der Waals surface area contributed by atoms with Gasteiger partial charge in [0.15, 0.2) is 0 Å². The summed E-state index contributed by atoms with van der Waals surface area (Å²) >= 11 is 1.54. The van der Waals surface area contributed by atoms with Gasteiger partial charge in [0.1, 0.15) is 0 Å². The molecule has 1 aromatic heterocycles. The van der Waals surface area contributed by atoms with Crippen LogP contribution in [0, 0.1) is 5.92 Å². The molecule has 0 radical (unpaired) electrons. The van der Waals surface area contributed by atoms with Crippen LogP contribution in [0.25, 0.3) is 0 Å². The minimum Gasteiger partial charge on any atom is -0.481 e. The van der Waals surface area contributed by atoms with Crippen LogP contribution in [0.5, 0.6) is 0 Å². The predicted molar refractivity (Wildman–Crippen MR) is 95.5 cm³/mol. The molecule has 6 nitrogen and oxygen atoms in total. The minimum atomic E-state index is -0.730. The van der Waals surface area contributed by atoms with Crippen molar-refractivity contribution in [1.29, 1.82) is 0 Å². The van der Waals surface area contributed by atoms with E-state index in [0.717, 1.165) is 37.1 Å². The largest absolute Gasteiger partial charge is 0.481 e. The first-order valence-electron chi connectivity index (χ1n) is 9.06. The lowest BCUT2D eigenvalue weighted by Gasteiger charge is -2.31. The molecule has 1 saturated carbocycles. The number of likely N-dealkylation sites (tertiary alicyclic amines) is 1. The van der Waals surface area contributed by atoms with Gasteiger partial charge in [-0.25, -0.2) is 4.79 Å². The third-order valence-corrected chi connectivity index (χ3v) is 6.38. The Labute approximate surface area is 151 Å². The number of aliphatic carboxylic acids is 1. The topological polar surface area (TPSA) is 89.9 Å². The van der Waals surface area contributed by atoms with Crippen LogP contribution in [-0.4, -0.2) is 45.7 Å². The summed E-state index contributed by atoms with van der Waals surface area (Å²) < 4.78 is 0. The number of carbonyl (C=O) groups excluding carboxylic acids is 1. The number of rotatable bonds is 5. The van der Waals surface area contributed by atoms with Crippen LogP contribution < -0.4 is 5.32 Å². The summed E-state index contributed by atoms with van der Waals surface area (Å²) in [6, 6.07) is 3.91. The molecular weight excluding hydrogens is 340 g/mol. The summed E-state index contributed by atoms with van der Waals surface area (Å²) in [5.74, 6) is -0.999. The number of nitrogens with zero attached hydrogens (tertiary/aromatic N) is 1. The molecule has 1 aromatic rings. The molecule has 0 bridgehead atoms. The lowest BCUT2D eigenvalue weighted by molar-refractivity contribution is -0.142. The molecule has 25 heavy (non-hydrogen) atoms. The SMILES string of the molecule is O=C(O)C1CCC(NC(=O)N2CCCC2CC(O)c2cccs2)CC1. The van der Waals surface area contributed by atoms with Crippen molar-refractivity contribution in [3.05, 3.63) is 22.4 Å². The number of amides is 2. The van der Waals surface area contributed by atoms with Gasteiger partial charge >= 0.3 is 12.0 Å². The van der Waals surface area contributed by atoms with Crippen LogP contribution in [0.15, 0.2) is 17.5 Å². The van der Waals surface area contributed by atoms with E-state index in [-0.39, 0.29) is 24.0 Å². The number of carboxylic acids is 1. The van der Waals surface area contributed by atoms with Crippen molar-refractivity contribution in [3.63, 3.8) is 0 Å². The van der Waals surface area contributed by atoms with E-state index in [1.807, 2.05) is 22.4 Å². The lowest BCUT2D eigenvalue weighted by Crippen LogP contribution is -2.48. The van der Waals surface area contributed by atoms with Gasteiger partial charge in [0.25, 0.3) is 0 Å². The Kier molecular flexibility index (Phi) is 5.96. The highest BCUT2D eigenvalue weighted by Crippen LogP contribution is 2.30. The zero-order valence-electron chi connectivity index (χ0n) is 14.3. The van der Waals surface area contributed by atoms with E-state index >= 15 is 0 Å². The smallest absolute Gasteiger partial charge is 0.317 e. The number of aliphatic hydroxyl groups excluding tert-OH is 1. The molecule has 138 valence electrons. The fourth-order valence-corrected chi connectivity index (χ4v) is 4.67. The van der Waals surface area contributed by atoms with E-state index in [2.05, 4.69) is 5.32 Å². The molecule has 3 rings (SSSR count). The normalized spacial score (nSPS) is 27.9. The predicted octanol–water partition coefficient (Wildman–Crippen LogP) is 2.99. The number of aliphatic hydroxyl groups is 1. The molecule has 2 heterocycles. The molecular formula is C18H26N2O4S. The number of hydrogen-bond donors (Lipinski definition) is 3. The van der Waals surface area contributed by atoms with Crippen LogP contribution in [0.1, 0.15) is 55.9 Å². The maximum atomic E-state index is 12.6. The molecule has 0 aromatic carbocycles. The molecule has 2 unspecified atom stereocenters. The summed E-state index contributed by atoms with van der Waals surface area (Å²) in [4.78, 5) is 26.4. The quantitative estimate of drug-likeness (QED) is 0.747. The average molecular weight is 366 g/mol. The number of carboxylic acid groups (broad SMARTS) is 1. The van der Waals surface area contributed by atoms with Gasteiger partial charge in [0, 0.05) is 23.5 Å². The van der Waals surface area contributed by atoms with Gasteiger partial charge in [-0.05, 0) is 56.4 Å². The van der Waals surface area contributed by atoms with Gasteiger partial charge in [0.05, 0.1) is 12.0 Å². The van der Waals surface area contributed by atoms with Crippen molar-refractivity contribution in [2.45, 2.75) is 63.1 Å². The Balaban J connectivity index is 1.50.